The average Bonchev–Trinajstić information content (AvgIpc) is 2.65. The summed E-state index contributed by atoms with van der Waals surface area (Å²) in [6, 6.07) is 2.40. The van der Waals surface area contributed by atoms with E-state index in [-0.39, 0.29) is 36.0 Å². The van der Waals surface area contributed by atoms with Crippen molar-refractivity contribution in [3.63, 3.8) is 0 Å². The van der Waals surface area contributed by atoms with Gasteiger partial charge in [-0.15, -0.1) is 0 Å². The largest absolute Gasteiger partial charge is 0.508 e. The number of nitrogens with one attached hydrogen (secondary N) is 2. The maximum Gasteiger partial charge on any atom is 0.342 e. The Balaban J connectivity index is 2.38. The van der Waals surface area contributed by atoms with E-state index in [0.29, 0.717) is 12.1 Å². The van der Waals surface area contributed by atoms with E-state index in [4.69, 9.17) is 9.57 Å². The Kier molecular flexibility index (Phi) is 8.11. The van der Waals surface area contributed by atoms with Crippen LogP contribution in [0.5, 0.6) is 11.5 Å². The van der Waals surface area contributed by atoms with E-state index >= 15 is 0 Å². The van der Waals surface area contributed by atoms with Crippen molar-refractivity contribution < 1.29 is 29.4 Å². The molecule has 0 spiro atoms. The van der Waals surface area contributed by atoms with Crippen LogP contribution in [0.3, 0.4) is 0 Å². The van der Waals surface area contributed by atoms with Crippen LogP contribution in [-0.4, -0.2) is 42.4 Å². The number of amides is 1. The number of ether oxygens (including phenoxy) is 1. The number of benzene rings is 1. The molecule has 2 rings (SSSR count). The van der Waals surface area contributed by atoms with Crippen LogP contribution >= 0.6 is 0 Å². The standard InChI is InChI=1S/C20H24N2O6/c1-21-18(25)13-28-22-15-8-6-4-2-3-5-7-9-27-20(26)19-14(10-15)11-16(23)12-17(19)24/h3,5-6,8,10-12,22-24H,2,4,7,9,13H2,1H3,(H,21,25)/b5-3?,8-6?,15-10-. The molecule has 1 amide bonds. The van der Waals surface area contributed by atoms with E-state index in [2.05, 4.69) is 10.8 Å². The van der Waals surface area contributed by atoms with E-state index in [9.17, 15) is 19.8 Å². The number of allylic oxidation sites excluding steroid dienone is 3. The summed E-state index contributed by atoms with van der Waals surface area (Å²) in [4.78, 5) is 28.9. The zero-order valence-electron chi connectivity index (χ0n) is 15.6. The van der Waals surface area contributed by atoms with Gasteiger partial charge in [-0.1, -0.05) is 18.2 Å². The zero-order chi connectivity index (χ0) is 20.4. The Morgan fingerprint density at radius 1 is 1.18 bits per heavy atom. The lowest BCUT2D eigenvalue weighted by Crippen LogP contribution is -2.27. The van der Waals surface area contributed by atoms with Gasteiger partial charge in [0.15, 0.2) is 6.61 Å². The van der Waals surface area contributed by atoms with Gasteiger partial charge in [-0.3, -0.25) is 15.1 Å². The van der Waals surface area contributed by atoms with Crippen molar-refractivity contribution in [2.45, 2.75) is 19.3 Å². The van der Waals surface area contributed by atoms with Crippen molar-refractivity contribution in [3.8, 4) is 11.5 Å². The van der Waals surface area contributed by atoms with Crippen LogP contribution in [0.25, 0.3) is 6.08 Å². The van der Waals surface area contributed by atoms with Crippen molar-refractivity contribution in [2.24, 2.45) is 0 Å². The Bertz CT molecular complexity index is 798. The number of phenols is 2. The summed E-state index contributed by atoms with van der Waals surface area (Å²) in [6.07, 6.45) is 11.2. The molecule has 0 saturated carbocycles. The Morgan fingerprint density at radius 3 is 2.71 bits per heavy atom. The second kappa shape index (κ2) is 10.8. The van der Waals surface area contributed by atoms with Crippen molar-refractivity contribution in [1.82, 2.24) is 10.8 Å². The van der Waals surface area contributed by atoms with E-state index in [0.717, 1.165) is 18.9 Å². The number of aromatic hydroxyl groups is 2. The summed E-state index contributed by atoms with van der Waals surface area (Å²) in [5.74, 6) is -1.63. The molecule has 1 aromatic rings. The minimum atomic E-state index is -0.705. The molecule has 0 unspecified atom stereocenters. The number of hydroxylamine groups is 1. The first kappa shape index (κ1) is 21.0. The minimum Gasteiger partial charge on any atom is -0.508 e. The highest BCUT2D eigenvalue weighted by atomic mass is 16.6. The van der Waals surface area contributed by atoms with Gasteiger partial charge < -0.3 is 20.3 Å². The van der Waals surface area contributed by atoms with Crippen molar-refractivity contribution in [3.05, 3.63) is 53.3 Å². The molecule has 1 aromatic carbocycles. The minimum absolute atomic E-state index is 0.0714. The molecule has 0 aliphatic carbocycles. The SMILES string of the molecule is CNC(=O)CON/C1=C\c2cc(O)cc(O)c2C(=O)OCCC=CCCC=C1. The summed E-state index contributed by atoms with van der Waals surface area (Å²) in [5, 5.41) is 22.4. The lowest BCUT2D eigenvalue weighted by molar-refractivity contribution is -0.127. The second-order valence-corrected chi connectivity index (χ2v) is 5.97. The molecule has 1 aliphatic rings. The van der Waals surface area contributed by atoms with E-state index in [1.165, 1.54) is 19.2 Å². The smallest absolute Gasteiger partial charge is 0.342 e. The molecular weight excluding hydrogens is 364 g/mol. The Morgan fingerprint density at radius 2 is 1.93 bits per heavy atom. The molecule has 0 bridgehead atoms. The first-order chi connectivity index (χ1) is 13.5. The van der Waals surface area contributed by atoms with Gasteiger partial charge in [0.25, 0.3) is 0 Å². The third-order valence-corrected chi connectivity index (χ3v) is 3.80. The summed E-state index contributed by atoms with van der Waals surface area (Å²) < 4.78 is 5.21. The number of cyclic esters (lactones) is 1. The van der Waals surface area contributed by atoms with E-state index < -0.39 is 11.7 Å². The molecule has 1 aliphatic heterocycles. The fourth-order valence-electron chi connectivity index (χ4n) is 2.44. The highest BCUT2D eigenvalue weighted by Gasteiger charge is 2.19. The molecule has 0 fully saturated rings. The van der Waals surface area contributed by atoms with Gasteiger partial charge in [-0.25, -0.2) is 4.79 Å². The zero-order valence-corrected chi connectivity index (χ0v) is 15.6. The number of esters is 1. The van der Waals surface area contributed by atoms with Gasteiger partial charge in [0, 0.05) is 13.1 Å². The molecule has 150 valence electrons. The fourth-order valence-corrected chi connectivity index (χ4v) is 2.44. The second-order valence-electron chi connectivity index (χ2n) is 5.97. The van der Waals surface area contributed by atoms with Crippen LogP contribution in [0.4, 0.5) is 0 Å². The highest BCUT2D eigenvalue weighted by Crippen LogP contribution is 2.29. The summed E-state index contributed by atoms with van der Waals surface area (Å²) in [6.45, 7) is -0.0421. The average molecular weight is 388 g/mol. The predicted molar refractivity (Wildman–Crippen MR) is 103 cm³/mol. The number of carbonyl (C=O) groups excluding carboxylic acids is 2. The molecule has 8 nitrogen and oxygen atoms in total. The number of rotatable bonds is 4. The van der Waals surface area contributed by atoms with Gasteiger partial charge in [0.1, 0.15) is 17.1 Å². The van der Waals surface area contributed by atoms with Crippen LogP contribution in [0.1, 0.15) is 35.2 Å². The van der Waals surface area contributed by atoms with Crippen LogP contribution in [0.15, 0.2) is 42.1 Å². The predicted octanol–water partition coefficient (Wildman–Crippen LogP) is 2.16. The van der Waals surface area contributed by atoms with Crippen LogP contribution < -0.4 is 10.8 Å². The molecule has 1 heterocycles. The Labute approximate surface area is 163 Å². The maximum atomic E-state index is 12.4. The highest BCUT2D eigenvalue weighted by molar-refractivity contribution is 5.97. The molecule has 0 aromatic heterocycles. The van der Waals surface area contributed by atoms with Crippen molar-refractivity contribution in [1.29, 1.82) is 0 Å². The van der Waals surface area contributed by atoms with E-state index in [1.54, 1.807) is 6.08 Å². The third-order valence-electron chi connectivity index (χ3n) is 3.80. The number of hydrogen-bond acceptors (Lipinski definition) is 7. The number of carbonyl (C=O) groups is 2. The summed E-state index contributed by atoms with van der Waals surface area (Å²) >= 11 is 0. The van der Waals surface area contributed by atoms with Crippen LogP contribution in [0, 0.1) is 0 Å². The molecule has 0 saturated heterocycles. The van der Waals surface area contributed by atoms with Gasteiger partial charge >= 0.3 is 5.97 Å². The van der Waals surface area contributed by atoms with Gasteiger partial charge in [-0.2, -0.15) is 0 Å². The first-order valence-electron chi connectivity index (χ1n) is 8.86. The van der Waals surface area contributed by atoms with Crippen LogP contribution in [-0.2, 0) is 14.4 Å². The Hall–Kier alpha value is -3.26. The lowest BCUT2D eigenvalue weighted by atomic mass is 10.0. The monoisotopic (exact) mass is 388 g/mol. The third kappa shape index (κ3) is 6.48. The lowest BCUT2D eigenvalue weighted by Gasteiger charge is -2.12. The van der Waals surface area contributed by atoms with E-state index in [1.807, 2.05) is 18.2 Å². The molecule has 0 atom stereocenters. The number of likely N-dealkylation sites (N-methyl/N-ethyl adjacent to an activating group) is 1. The summed E-state index contributed by atoms with van der Waals surface area (Å²) in [7, 11) is 1.49. The molecule has 8 heteroatoms. The molecule has 4 N–H and O–H groups in total. The number of hydrogen-bond donors (Lipinski definition) is 4. The normalized spacial score (nSPS) is 16.9. The summed E-state index contributed by atoms with van der Waals surface area (Å²) in [5.41, 5.74) is 3.23. The number of phenolic OH excluding ortho intramolecular Hbond substituents is 2. The molecular formula is C20H24N2O6. The maximum absolute atomic E-state index is 12.4. The van der Waals surface area contributed by atoms with Crippen molar-refractivity contribution >= 4 is 18.0 Å². The quantitative estimate of drug-likeness (QED) is 0.355. The fraction of sp³-hybridized carbons (Fsp3) is 0.300. The molecule has 0 radical (unpaired) electrons. The first-order valence-corrected chi connectivity index (χ1v) is 8.86. The topological polar surface area (TPSA) is 117 Å². The van der Waals surface area contributed by atoms with Gasteiger partial charge in [0.2, 0.25) is 5.91 Å². The molecule has 28 heavy (non-hydrogen) atoms. The van der Waals surface area contributed by atoms with Crippen LogP contribution in [0.2, 0.25) is 0 Å². The van der Waals surface area contributed by atoms with Crippen molar-refractivity contribution in [2.75, 3.05) is 20.3 Å². The van der Waals surface area contributed by atoms with Gasteiger partial charge in [-0.05, 0) is 43.0 Å². The van der Waals surface area contributed by atoms with Gasteiger partial charge in [0.05, 0.1) is 12.3 Å². The number of fused-ring (bicyclic) bond motifs is 1.